The molecule has 2 amide bonds. The van der Waals surface area contributed by atoms with Crippen LogP contribution >= 0.6 is 0 Å². The minimum absolute atomic E-state index is 0.000448. The van der Waals surface area contributed by atoms with Crippen LogP contribution in [0.15, 0.2) is 108 Å². The topological polar surface area (TPSA) is 111 Å². The Labute approximate surface area is 190 Å². The fraction of sp³-hybridized carbons (Fsp3) is 0. The maximum Gasteiger partial charge on any atom is 0.287 e. The summed E-state index contributed by atoms with van der Waals surface area (Å²) in [6, 6.07) is 23.8. The van der Waals surface area contributed by atoms with E-state index in [-0.39, 0.29) is 11.3 Å². The summed E-state index contributed by atoms with van der Waals surface area (Å²) in [7, 11) is 0. The van der Waals surface area contributed by atoms with E-state index in [0.29, 0.717) is 11.1 Å². The van der Waals surface area contributed by atoms with Gasteiger partial charge in [-0.2, -0.15) is 5.10 Å². The summed E-state index contributed by atoms with van der Waals surface area (Å²) < 4.78 is 0. The summed E-state index contributed by atoms with van der Waals surface area (Å²) in [5.41, 5.74) is 4.30. The maximum atomic E-state index is 12.7. The van der Waals surface area contributed by atoms with Gasteiger partial charge in [-0.15, -0.1) is 0 Å². The average molecular weight is 438 g/mol. The second-order valence-electron chi connectivity index (χ2n) is 6.78. The van der Waals surface area contributed by atoms with Gasteiger partial charge in [-0.1, -0.05) is 84.9 Å². The number of carboxylic acids is 1. The van der Waals surface area contributed by atoms with Gasteiger partial charge in [0.1, 0.15) is 5.70 Å². The first kappa shape index (κ1) is 22.9. The molecule has 164 valence electrons. The predicted molar refractivity (Wildman–Crippen MR) is 124 cm³/mol. The molecule has 0 aliphatic carbocycles. The number of aromatic carboxylic acids is 1. The summed E-state index contributed by atoms with van der Waals surface area (Å²) in [4.78, 5) is 36.0. The molecule has 0 saturated carbocycles. The van der Waals surface area contributed by atoms with Crippen LogP contribution in [0, 0.1) is 0 Å². The van der Waals surface area contributed by atoms with Crippen molar-refractivity contribution in [3.63, 3.8) is 0 Å². The summed E-state index contributed by atoms with van der Waals surface area (Å²) in [6.07, 6.45) is 6.28. The van der Waals surface area contributed by atoms with Crippen LogP contribution in [-0.2, 0) is 4.79 Å². The number of benzene rings is 3. The van der Waals surface area contributed by atoms with E-state index in [0.717, 1.165) is 5.56 Å². The third-order valence-corrected chi connectivity index (χ3v) is 4.41. The predicted octanol–water partition coefficient (Wildman–Crippen LogP) is 2.53. The molecule has 0 fully saturated rings. The van der Waals surface area contributed by atoms with E-state index < -0.39 is 17.8 Å². The normalized spacial score (nSPS) is 11.5. The summed E-state index contributed by atoms with van der Waals surface area (Å²) in [5, 5.41) is 17.3. The highest BCUT2D eigenvalue weighted by atomic mass is 16.4. The number of hydrogen-bond acceptors (Lipinski definition) is 5. The third-order valence-electron chi connectivity index (χ3n) is 4.41. The SMILES string of the molecule is O=C(N/N=C\c1ccc(C(=O)[O-])cc1)/C(=C\C=C\c1ccccc1)NC(=O)c1ccccc1. The second kappa shape index (κ2) is 11.6. The first-order chi connectivity index (χ1) is 16.0. The van der Waals surface area contributed by atoms with Gasteiger partial charge in [-0.3, -0.25) is 9.59 Å². The van der Waals surface area contributed by atoms with Crippen LogP contribution < -0.4 is 15.8 Å². The lowest BCUT2D eigenvalue weighted by Gasteiger charge is -2.08. The molecular weight excluding hydrogens is 418 g/mol. The number of allylic oxidation sites excluding steroid dienone is 2. The summed E-state index contributed by atoms with van der Waals surface area (Å²) in [5.74, 6) is -2.34. The van der Waals surface area contributed by atoms with Gasteiger partial charge < -0.3 is 15.2 Å². The first-order valence-corrected chi connectivity index (χ1v) is 9.97. The Hall–Kier alpha value is -4.78. The zero-order chi connectivity index (χ0) is 23.5. The smallest absolute Gasteiger partial charge is 0.287 e. The van der Waals surface area contributed by atoms with E-state index in [4.69, 9.17) is 0 Å². The van der Waals surface area contributed by atoms with E-state index in [1.165, 1.54) is 36.6 Å². The van der Waals surface area contributed by atoms with Gasteiger partial charge in [0.05, 0.1) is 12.2 Å². The molecule has 3 aromatic carbocycles. The highest BCUT2D eigenvalue weighted by Crippen LogP contribution is 2.05. The molecule has 0 saturated heterocycles. The van der Waals surface area contributed by atoms with Gasteiger partial charge in [-0.25, -0.2) is 5.43 Å². The zero-order valence-electron chi connectivity index (χ0n) is 17.5. The van der Waals surface area contributed by atoms with E-state index in [9.17, 15) is 19.5 Å². The van der Waals surface area contributed by atoms with Crippen molar-refractivity contribution < 1.29 is 19.5 Å². The van der Waals surface area contributed by atoms with E-state index in [2.05, 4.69) is 15.8 Å². The highest BCUT2D eigenvalue weighted by molar-refractivity contribution is 6.03. The van der Waals surface area contributed by atoms with Crippen molar-refractivity contribution >= 4 is 30.1 Å². The number of amides is 2. The molecule has 3 rings (SSSR count). The Bertz CT molecular complexity index is 1200. The molecule has 0 radical (unpaired) electrons. The number of rotatable bonds is 8. The fourth-order valence-corrected chi connectivity index (χ4v) is 2.71. The standard InChI is InChI=1S/C26H21N3O4/c30-24(21-11-5-2-6-12-21)28-23(13-7-10-19-8-3-1-4-9-19)25(31)29-27-18-20-14-16-22(17-15-20)26(32)33/h1-18H,(H,28,30)(H,29,31)(H,32,33)/p-1/b10-7+,23-13+,27-18-. The molecule has 0 bridgehead atoms. The number of nitrogens with zero attached hydrogens (tertiary/aromatic N) is 1. The number of carboxylic acid groups (broad SMARTS) is 1. The van der Waals surface area contributed by atoms with Crippen molar-refractivity contribution in [3.8, 4) is 0 Å². The number of nitrogens with one attached hydrogen (secondary N) is 2. The van der Waals surface area contributed by atoms with Crippen LogP contribution in [0.4, 0.5) is 0 Å². The minimum Gasteiger partial charge on any atom is -0.545 e. The third kappa shape index (κ3) is 7.15. The fourth-order valence-electron chi connectivity index (χ4n) is 2.71. The average Bonchev–Trinajstić information content (AvgIpc) is 2.84. The van der Waals surface area contributed by atoms with Gasteiger partial charge in [-0.05, 0) is 34.9 Å². The van der Waals surface area contributed by atoms with Crippen molar-refractivity contribution in [2.45, 2.75) is 0 Å². The zero-order valence-corrected chi connectivity index (χ0v) is 17.5. The lowest BCUT2D eigenvalue weighted by atomic mass is 10.1. The van der Waals surface area contributed by atoms with Crippen LogP contribution in [0.2, 0.25) is 0 Å². The molecule has 0 heterocycles. The molecule has 0 spiro atoms. The first-order valence-electron chi connectivity index (χ1n) is 9.97. The Morgan fingerprint density at radius 2 is 1.39 bits per heavy atom. The molecule has 0 aliphatic heterocycles. The summed E-state index contributed by atoms with van der Waals surface area (Å²) in [6.45, 7) is 0. The Balaban J connectivity index is 1.73. The van der Waals surface area contributed by atoms with Gasteiger partial charge in [0.15, 0.2) is 0 Å². The van der Waals surface area contributed by atoms with Gasteiger partial charge in [0.25, 0.3) is 11.8 Å². The monoisotopic (exact) mass is 438 g/mol. The largest absolute Gasteiger partial charge is 0.545 e. The van der Waals surface area contributed by atoms with E-state index in [1.807, 2.05) is 30.3 Å². The molecule has 7 nitrogen and oxygen atoms in total. The Kier molecular flexibility index (Phi) is 8.03. The molecule has 0 unspecified atom stereocenters. The maximum absolute atomic E-state index is 12.7. The molecule has 33 heavy (non-hydrogen) atoms. The van der Waals surface area contributed by atoms with Crippen molar-refractivity contribution in [1.82, 2.24) is 10.7 Å². The minimum atomic E-state index is -1.28. The van der Waals surface area contributed by atoms with E-state index >= 15 is 0 Å². The quantitative estimate of drug-likeness (QED) is 0.244. The Morgan fingerprint density at radius 3 is 2.03 bits per heavy atom. The van der Waals surface area contributed by atoms with E-state index in [1.54, 1.807) is 42.5 Å². The lowest BCUT2D eigenvalue weighted by molar-refractivity contribution is -0.255. The van der Waals surface area contributed by atoms with Crippen LogP contribution in [0.5, 0.6) is 0 Å². The van der Waals surface area contributed by atoms with Crippen LogP contribution in [0.3, 0.4) is 0 Å². The summed E-state index contributed by atoms with van der Waals surface area (Å²) >= 11 is 0. The highest BCUT2D eigenvalue weighted by Gasteiger charge is 2.13. The molecule has 2 N–H and O–H groups in total. The number of hydrogen-bond donors (Lipinski definition) is 2. The molecule has 0 aliphatic rings. The van der Waals surface area contributed by atoms with Gasteiger partial charge in [0, 0.05) is 5.56 Å². The molecular formula is C26H20N3O4-. The van der Waals surface area contributed by atoms with Gasteiger partial charge >= 0.3 is 0 Å². The van der Waals surface area contributed by atoms with Crippen LogP contribution in [-0.4, -0.2) is 24.0 Å². The van der Waals surface area contributed by atoms with Crippen LogP contribution in [0.25, 0.3) is 6.08 Å². The number of carbonyl (C=O) groups excluding carboxylic acids is 3. The molecule has 0 aromatic heterocycles. The van der Waals surface area contributed by atoms with Crippen LogP contribution in [0.1, 0.15) is 31.8 Å². The Morgan fingerprint density at radius 1 is 0.758 bits per heavy atom. The number of carbonyl (C=O) groups is 3. The molecule has 3 aromatic rings. The van der Waals surface area contributed by atoms with Crippen molar-refractivity contribution in [2.24, 2.45) is 5.10 Å². The number of hydrazone groups is 1. The lowest BCUT2D eigenvalue weighted by Crippen LogP contribution is -2.32. The van der Waals surface area contributed by atoms with Crippen molar-refractivity contribution in [1.29, 1.82) is 0 Å². The van der Waals surface area contributed by atoms with Crippen molar-refractivity contribution in [2.75, 3.05) is 0 Å². The molecule has 0 atom stereocenters. The molecule has 7 heteroatoms. The van der Waals surface area contributed by atoms with Gasteiger partial charge in [0.2, 0.25) is 0 Å². The van der Waals surface area contributed by atoms with Crippen molar-refractivity contribution in [3.05, 3.63) is 125 Å². The second-order valence-corrected chi connectivity index (χ2v) is 6.78.